The van der Waals surface area contributed by atoms with Crippen molar-refractivity contribution in [3.8, 4) is 0 Å². The first kappa shape index (κ1) is 98.1. The lowest BCUT2D eigenvalue weighted by Gasteiger charge is -2.21. The fraction of sp³-hybridized carbons (Fsp3) is 0.951. The highest BCUT2D eigenvalue weighted by molar-refractivity contribution is 7.47. The van der Waals surface area contributed by atoms with Crippen LogP contribution in [0.15, 0.2) is 0 Å². The van der Waals surface area contributed by atoms with Crippen molar-refractivity contribution in [3.63, 3.8) is 0 Å². The third-order valence-electron chi connectivity index (χ3n) is 19.3. The molecule has 0 aromatic rings. The Bertz CT molecular complexity index is 1930. The van der Waals surface area contributed by atoms with E-state index in [-0.39, 0.29) is 25.7 Å². The molecule has 19 heteroatoms. The quantitative estimate of drug-likeness (QED) is 0.0222. The van der Waals surface area contributed by atoms with E-state index in [0.29, 0.717) is 25.7 Å². The van der Waals surface area contributed by atoms with Gasteiger partial charge in [0.2, 0.25) is 0 Å². The topological polar surface area (TPSA) is 237 Å². The van der Waals surface area contributed by atoms with E-state index in [0.717, 1.165) is 102 Å². The van der Waals surface area contributed by atoms with Crippen molar-refractivity contribution in [2.24, 2.45) is 11.8 Å². The van der Waals surface area contributed by atoms with Gasteiger partial charge < -0.3 is 33.8 Å². The molecule has 100 heavy (non-hydrogen) atoms. The van der Waals surface area contributed by atoms with Gasteiger partial charge >= 0.3 is 39.5 Å². The number of esters is 4. The average molecular weight is 1470 g/mol. The molecule has 3 N–H and O–H groups in total. The number of carbonyl (C=O) groups is 4. The van der Waals surface area contributed by atoms with Crippen LogP contribution >= 0.6 is 15.6 Å². The van der Waals surface area contributed by atoms with Crippen LogP contribution in [0.1, 0.15) is 427 Å². The summed E-state index contributed by atoms with van der Waals surface area (Å²) in [6, 6.07) is 0. The molecule has 0 fully saturated rings. The molecule has 0 spiro atoms. The number of carbonyl (C=O) groups excluding carboxylic acids is 4. The number of phosphoric acid groups is 2. The van der Waals surface area contributed by atoms with Gasteiger partial charge in [-0.2, -0.15) is 0 Å². The van der Waals surface area contributed by atoms with Gasteiger partial charge in [-0.3, -0.25) is 37.3 Å². The van der Waals surface area contributed by atoms with E-state index in [2.05, 4.69) is 41.5 Å². The summed E-state index contributed by atoms with van der Waals surface area (Å²) in [4.78, 5) is 73.1. The van der Waals surface area contributed by atoms with Crippen molar-refractivity contribution < 1.29 is 80.2 Å². The van der Waals surface area contributed by atoms with E-state index >= 15 is 0 Å². The van der Waals surface area contributed by atoms with E-state index < -0.39 is 97.5 Å². The monoisotopic (exact) mass is 1470 g/mol. The zero-order chi connectivity index (χ0) is 73.5. The minimum Gasteiger partial charge on any atom is -0.462 e. The van der Waals surface area contributed by atoms with Crippen molar-refractivity contribution in [2.75, 3.05) is 39.6 Å². The minimum atomic E-state index is -4.96. The number of unbranched alkanes of at least 4 members (excludes halogenated alkanes) is 49. The van der Waals surface area contributed by atoms with Crippen LogP contribution in [0.4, 0.5) is 0 Å². The number of phosphoric ester groups is 2. The molecular formula is C81H158O17P2. The summed E-state index contributed by atoms with van der Waals surface area (Å²) in [6.07, 6.45) is 62.3. The second kappa shape index (κ2) is 72.6. The van der Waals surface area contributed by atoms with Gasteiger partial charge in [0, 0.05) is 25.7 Å². The van der Waals surface area contributed by atoms with Gasteiger partial charge in [-0.05, 0) is 37.5 Å². The molecule has 0 aromatic carbocycles. The molecular weight excluding hydrogens is 1310 g/mol. The second-order valence-electron chi connectivity index (χ2n) is 29.9. The Hall–Kier alpha value is -1.94. The van der Waals surface area contributed by atoms with Crippen molar-refractivity contribution in [2.45, 2.75) is 445 Å². The van der Waals surface area contributed by atoms with Crippen molar-refractivity contribution in [3.05, 3.63) is 0 Å². The normalized spacial score (nSPS) is 14.2. The summed E-state index contributed by atoms with van der Waals surface area (Å²) in [6.45, 7) is 9.65. The van der Waals surface area contributed by atoms with Crippen LogP contribution in [0.25, 0.3) is 0 Å². The lowest BCUT2D eigenvalue weighted by atomic mass is 9.99. The van der Waals surface area contributed by atoms with Gasteiger partial charge in [0.05, 0.1) is 26.4 Å². The fourth-order valence-corrected chi connectivity index (χ4v) is 14.1. The Morgan fingerprint density at radius 2 is 0.510 bits per heavy atom. The summed E-state index contributed by atoms with van der Waals surface area (Å²) >= 11 is 0. The standard InChI is InChI=1S/C81H158O17P2/c1-7-10-12-14-16-18-20-22-24-26-27-29-31-33-40-47-53-59-65-80(85)97-76(69-91-78(83)63-57-51-45-39-32-30-28-25-23-21-19-17-15-13-11-8-2)71-95-99(87,88)93-67-75(82)68-94-100(89,90)96-72-77(70-92-79(84)64-58-52-46-42-36-37-43-49-55-61-73(4)5)98-81(86)66-60-54-48-41-35-34-38-44-50-56-62-74(6)9-3/h73-77,82H,7-72H2,1-6H3,(H,87,88)(H,89,90)/t74?,75-,76-,77-/m1/s1. The molecule has 0 aliphatic heterocycles. The van der Waals surface area contributed by atoms with E-state index in [1.807, 2.05) is 0 Å². The number of aliphatic hydroxyl groups excluding tert-OH is 1. The fourth-order valence-electron chi connectivity index (χ4n) is 12.5. The maximum Gasteiger partial charge on any atom is 0.472 e. The summed E-state index contributed by atoms with van der Waals surface area (Å²) in [7, 11) is -9.92. The molecule has 0 rings (SSSR count). The van der Waals surface area contributed by atoms with E-state index in [9.17, 15) is 43.2 Å². The zero-order valence-electron chi connectivity index (χ0n) is 65.5. The Kier molecular flexibility index (Phi) is 71.2. The predicted octanol–water partition coefficient (Wildman–Crippen LogP) is 24.3. The van der Waals surface area contributed by atoms with Crippen LogP contribution in [0.3, 0.4) is 0 Å². The summed E-state index contributed by atoms with van der Waals surface area (Å²) < 4.78 is 68.8. The molecule has 3 unspecified atom stereocenters. The number of rotatable bonds is 80. The summed E-state index contributed by atoms with van der Waals surface area (Å²) in [5.74, 6) is -0.561. The van der Waals surface area contributed by atoms with E-state index in [1.165, 1.54) is 244 Å². The Morgan fingerprint density at radius 3 is 0.760 bits per heavy atom. The van der Waals surface area contributed by atoms with E-state index in [1.54, 1.807) is 0 Å². The minimum absolute atomic E-state index is 0.106. The third-order valence-corrected chi connectivity index (χ3v) is 21.2. The van der Waals surface area contributed by atoms with Crippen LogP contribution in [-0.4, -0.2) is 96.7 Å². The van der Waals surface area contributed by atoms with Gasteiger partial charge in [0.25, 0.3) is 0 Å². The Balaban J connectivity index is 5.26. The highest BCUT2D eigenvalue weighted by Crippen LogP contribution is 2.45. The maximum absolute atomic E-state index is 13.1. The molecule has 17 nitrogen and oxygen atoms in total. The smallest absolute Gasteiger partial charge is 0.462 e. The molecule has 0 bridgehead atoms. The molecule has 0 aromatic heterocycles. The molecule has 0 aliphatic carbocycles. The first-order valence-electron chi connectivity index (χ1n) is 42.0. The summed E-state index contributed by atoms with van der Waals surface area (Å²) in [5.41, 5.74) is 0. The molecule has 0 saturated heterocycles. The van der Waals surface area contributed by atoms with Crippen molar-refractivity contribution in [1.82, 2.24) is 0 Å². The second-order valence-corrected chi connectivity index (χ2v) is 32.8. The number of ether oxygens (including phenoxy) is 4. The van der Waals surface area contributed by atoms with Gasteiger partial charge in [-0.15, -0.1) is 0 Å². The molecule has 0 heterocycles. The van der Waals surface area contributed by atoms with Crippen molar-refractivity contribution in [1.29, 1.82) is 0 Å². The number of hydrogen-bond acceptors (Lipinski definition) is 15. The molecule has 0 radical (unpaired) electrons. The number of aliphatic hydroxyl groups is 1. The van der Waals surface area contributed by atoms with Crippen LogP contribution in [0.5, 0.6) is 0 Å². The van der Waals surface area contributed by atoms with Gasteiger partial charge in [-0.25, -0.2) is 9.13 Å². The first-order chi connectivity index (χ1) is 48.4. The lowest BCUT2D eigenvalue weighted by molar-refractivity contribution is -0.161. The van der Waals surface area contributed by atoms with Crippen LogP contribution < -0.4 is 0 Å². The lowest BCUT2D eigenvalue weighted by Crippen LogP contribution is -2.30. The van der Waals surface area contributed by atoms with Gasteiger partial charge in [0.1, 0.15) is 19.3 Å². The Labute approximate surface area is 613 Å². The predicted molar refractivity (Wildman–Crippen MR) is 409 cm³/mol. The average Bonchev–Trinajstić information content (AvgIpc) is 0.968. The van der Waals surface area contributed by atoms with E-state index in [4.69, 9.17) is 37.0 Å². The Morgan fingerprint density at radius 1 is 0.290 bits per heavy atom. The largest absolute Gasteiger partial charge is 0.472 e. The third kappa shape index (κ3) is 73.0. The highest BCUT2D eigenvalue weighted by Gasteiger charge is 2.30. The van der Waals surface area contributed by atoms with Crippen molar-refractivity contribution >= 4 is 39.5 Å². The maximum atomic E-state index is 13.1. The molecule has 594 valence electrons. The molecule has 0 aliphatic rings. The van der Waals surface area contributed by atoms with Crippen LogP contribution in [-0.2, 0) is 65.4 Å². The molecule has 6 atom stereocenters. The number of hydrogen-bond donors (Lipinski definition) is 3. The molecule has 0 amide bonds. The summed E-state index contributed by atoms with van der Waals surface area (Å²) in [5, 5.41) is 10.6. The highest BCUT2D eigenvalue weighted by atomic mass is 31.2. The van der Waals surface area contributed by atoms with Gasteiger partial charge in [0.15, 0.2) is 12.2 Å². The van der Waals surface area contributed by atoms with Crippen LogP contribution in [0.2, 0.25) is 0 Å². The SMILES string of the molecule is CCCCCCCCCCCCCCCCCCCCC(=O)O[C@H](COC(=O)CCCCCCCCCCCCCCCCCC)COP(=O)(O)OC[C@@H](O)COP(=O)(O)OC[C@@H](COC(=O)CCCCCCCCCCCC(C)C)OC(=O)CCCCCCCCCCCCC(C)CC. The first-order valence-corrected chi connectivity index (χ1v) is 45.0. The van der Waals surface area contributed by atoms with Gasteiger partial charge in [-0.1, -0.05) is 375 Å². The molecule has 0 saturated carbocycles. The van der Waals surface area contributed by atoms with Crippen LogP contribution in [0, 0.1) is 11.8 Å². The zero-order valence-corrected chi connectivity index (χ0v) is 67.3.